The van der Waals surface area contributed by atoms with Crippen LogP contribution in [-0.2, 0) is 11.3 Å². The highest BCUT2D eigenvalue weighted by molar-refractivity contribution is 5.87. The van der Waals surface area contributed by atoms with Crippen LogP contribution < -0.4 is 14.8 Å². The van der Waals surface area contributed by atoms with E-state index in [2.05, 4.69) is 35.1 Å². The number of nitrogens with zero attached hydrogens (tertiary/aromatic N) is 1. The van der Waals surface area contributed by atoms with Gasteiger partial charge in [0.2, 0.25) is 5.91 Å². The van der Waals surface area contributed by atoms with Gasteiger partial charge in [-0.1, -0.05) is 43.7 Å². The lowest BCUT2D eigenvalue weighted by molar-refractivity contribution is -0.121. The average molecular weight is 489 g/mol. The van der Waals surface area contributed by atoms with Crippen molar-refractivity contribution in [2.45, 2.75) is 38.6 Å². The first-order chi connectivity index (χ1) is 17.5. The number of aromatic nitrogens is 1. The summed E-state index contributed by atoms with van der Waals surface area (Å²) in [6, 6.07) is 20.5. The topological polar surface area (TPSA) is 52.5 Å². The smallest absolute Gasteiger partial charge is 0.220 e. The van der Waals surface area contributed by atoms with E-state index < -0.39 is 0 Å². The molecule has 188 valence electrons. The number of halogens is 1. The fourth-order valence-electron chi connectivity index (χ4n) is 4.57. The molecule has 1 aromatic heterocycles. The SMILES string of the molecule is CCCCNC(=O)C[C@H](c1cc(OC)cc(OC)c1)c1cn(Cc2ccc(F)cc2)c2ccccc12. The Hall–Kier alpha value is -3.80. The van der Waals surface area contributed by atoms with Crippen molar-refractivity contribution in [1.82, 2.24) is 9.88 Å². The number of ether oxygens (including phenoxy) is 2. The Balaban J connectivity index is 1.79. The first-order valence-electron chi connectivity index (χ1n) is 12.3. The van der Waals surface area contributed by atoms with Gasteiger partial charge >= 0.3 is 0 Å². The van der Waals surface area contributed by atoms with E-state index in [4.69, 9.17) is 9.47 Å². The molecule has 1 amide bonds. The van der Waals surface area contributed by atoms with Gasteiger partial charge in [0.05, 0.1) is 14.2 Å². The van der Waals surface area contributed by atoms with Gasteiger partial charge in [0, 0.05) is 48.6 Å². The van der Waals surface area contributed by atoms with Gasteiger partial charge in [-0.15, -0.1) is 0 Å². The van der Waals surface area contributed by atoms with E-state index in [1.807, 2.05) is 30.3 Å². The lowest BCUT2D eigenvalue weighted by Crippen LogP contribution is -2.26. The van der Waals surface area contributed by atoms with Crippen molar-refractivity contribution >= 4 is 16.8 Å². The summed E-state index contributed by atoms with van der Waals surface area (Å²) < 4.78 is 26.7. The van der Waals surface area contributed by atoms with Gasteiger partial charge in [0.1, 0.15) is 17.3 Å². The van der Waals surface area contributed by atoms with E-state index >= 15 is 0 Å². The highest BCUT2D eigenvalue weighted by Gasteiger charge is 2.24. The van der Waals surface area contributed by atoms with E-state index in [1.165, 1.54) is 12.1 Å². The molecule has 3 aromatic carbocycles. The molecule has 1 N–H and O–H groups in total. The van der Waals surface area contributed by atoms with Crippen LogP contribution in [0.3, 0.4) is 0 Å². The van der Waals surface area contributed by atoms with Crippen LogP contribution in [-0.4, -0.2) is 31.2 Å². The van der Waals surface area contributed by atoms with Crippen molar-refractivity contribution in [3.05, 3.63) is 95.4 Å². The number of para-hydroxylation sites is 1. The molecule has 0 aliphatic rings. The number of methoxy groups -OCH3 is 2. The second-order valence-corrected chi connectivity index (χ2v) is 8.96. The Labute approximate surface area is 211 Å². The first-order valence-corrected chi connectivity index (χ1v) is 12.3. The summed E-state index contributed by atoms with van der Waals surface area (Å²) in [4.78, 5) is 13.0. The number of fused-ring (bicyclic) bond motifs is 1. The minimum atomic E-state index is -0.252. The lowest BCUT2D eigenvalue weighted by Gasteiger charge is -2.19. The molecule has 4 aromatic rings. The van der Waals surface area contributed by atoms with Crippen LogP contribution in [0.15, 0.2) is 72.9 Å². The Kier molecular flexibility index (Phi) is 8.26. The quantitative estimate of drug-likeness (QED) is 0.253. The van der Waals surface area contributed by atoms with Crippen LogP contribution in [0.5, 0.6) is 11.5 Å². The molecule has 0 saturated heterocycles. The molecule has 0 radical (unpaired) electrons. The molecule has 0 bridgehead atoms. The molecular weight excluding hydrogens is 455 g/mol. The molecule has 1 heterocycles. The Morgan fingerprint density at radius 2 is 1.69 bits per heavy atom. The molecule has 0 saturated carbocycles. The van der Waals surface area contributed by atoms with Gasteiger partial charge in [-0.25, -0.2) is 4.39 Å². The number of carbonyl (C=O) groups excluding carboxylic acids is 1. The molecule has 0 fully saturated rings. The van der Waals surface area contributed by atoms with Gasteiger partial charge in [-0.2, -0.15) is 0 Å². The maximum Gasteiger partial charge on any atom is 0.220 e. The molecular formula is C30H33FN2O3. The largest absolute Gasteiger partial charge is 0.497 e. The zero-order valence-electron chi connectivity index (χ0n) is 21.1. The van der Waals surface area contributed by atoms with Crippen LogP contribution in [0.1, 0.15) is 48.8 Å². The second-order valence-electron chi connectivity index (χ2n) is 8.96. The van der Waals surface area contributed by atoms with Gasteiger partial charge in [-0.05, 0) is 53.4 Å². The summed E-state index contributed by atoms with van der Waals surface area (Å²) in [5.74, 6) is 0.894. The summed E-state index contributed by atoms with van der Waals surface area (Å²) in [6.45, 7) is 3.36. The highest BCUT2D eigenvalue weighted by atomic mass is 19.1. The van der Waals surface area contributed by atoms with Crippen molar-refractivity contribution in [3.63, 3.8) is 0 Å². The zero-order valence-corrected chi connectivity index (χ0v) is 21.1. The maximum atomic E-state index is 13.5. The average Bonchev–Trinajstić information content (AvgIpc) is 3.26. The lowest BCUT2D eigenvalue weighted by atomic mass is 9.87. The van der Waals surface area contributed by atoms with Crippen molar-refractivity contribution in [2.75, 3.05) is 20.8 Å². The highest BCUT2D eigenvalue weighted by Crippen LogP contribution is 2.38. The monoisotopic (exact) mass is 488 g/mol. The molecule has 1 atom stereocenters. The van der Waals surface area contributed by atoms with Crippen molar-refractivity contribution in [2.24, 2.45) is 0 Å². The van der Waals surface area contributed by atoms with Crippen molar-refractivity contribution in [3.8, 4) is 11.5 Å². The molecule has 0 aliphatic carbocycles. The number of amides is 1. The maximum absolute atomic E-state index is 13.5. The molecule has 0 aliphatic heterocycles. The zero-order chi connectivity index (χ0) is 25.5. The van der Waals surface area contributed by atoms with Crippen molar-refractivity contribution < 1.29 is 18.7 Å². The van der Waals surface area contributed by atoms with Crippen LogP contribution in [0.4, 0.5) is 4.39 Å². The van der Waals surface area contributed by atoms with Crippen LogP contribution in [0, 0.1) is 5.82 Å². The van der Waals surface area contributed by atoms with Crippen molar-refractivity contribution in [1.29, 1.82) is 0 Å². The minimum Gasteiger partial charge on any atom is -0.497 e. The number of hydrogen-bond donors (Lipinski definition) is 1. The normalized spacial score (nSPS) is 11.9. The number of unbranched alkanes of at least 4 members (excludes halogenated alkanes) is 1. The van der Waals surface area contributed by atoms with Gasteiger partial charge in [0.25, 0.3) is 0 Å². The molecule has 0 spiro atoms. The molecule has 4 rings (SSSR count). The van der Waals surface area contributed by atoms with Crippen LogP contribution in [0.2, 0.25) is 0 Å². The predicted molar refractivity (Wildman–Crippen MR) is 141 cm³/mol. The molecule has 0 unspecified atom stereocenters. The summed E-state index contributed by atoms with van der Waals surface area (Å²) in [6.07, 6.45) is 4.38. The fourth-order valence-corrected chi connectivity index (χ4v) is 4.57. The Morgan fingerprint density at radius 3 is 2.36 bits per heavy atom. The number of nitrogens with one attached hydrogen (secondary N) is 1. The third-order valence-corrected chi connectivity index (χ3v) is 6.48. The Morgan fingerprint density at radius 1 is 1.00 bits per heavy atom. The summed E-state index contributed by atoms with van der Waals surface area (Å²) in [7, 11) is 3.25. The Bertz CT molecular complexity index is 1290. The molecule has 36 heavy (non-hydrogen) atoms. The van der Waals surface area contributed by atoms with E-state index in [1.54, 1.807) is 26.4 Å². The van der Waals surface area contributed by atoms with E-state index in [0.29, 0.717) is 31.0 Å². The summed E-state index contributed by atoms with van der Waals surface area (Å²) in [5, 5.41) is 4.14. The minimum absolute atomic E-state index is 0.00519. The van der Waals surface area contributed by atoms with E-state index in [9.17, 15) is 9.18 Å². The standard InChI is InChI=1S/C30H33FN2O3/c1-4-5-14-32-30(34)18-27(22-15-24(35-2)17-25(16-22)36-3)28-20-33(29-9-7-6-8-26(28)29)19-21-10-12-23(31)13-11-21/h6-13,15-17,20,27H,4-5,14,18-19H2,1-3H3,(H,32,34)/t27-/m1/s1. The molecule has 6 heteroatoms. The third-order valence-electron chi connectivity index (χ3n) is 6.48. The number of hydrogen-bond acceptors (Lipinski definition) is 3. The fraction of sp³-hybridized carbons (Fsp3) is 0.300. The van der Waals surface area contributed by atoms with E-state index in [-0.39, 0.29) is 17.6 Å². The van der Waals surface area contributed by atoms with Gasteiger partial charge in [-0.3, -0.25) is 4.79 Å². The second kappa shape index (κ2) is 11.8. The van der Waals surface area contributed by atoms with Gasteiger partial charge in [0.15, 0.2) is 0 Å². The van der Waals surface area contributed by atoms with Crippen LogP contribution >= 0.6 is 0 Å². The molecule has 5 nitrogen and oxygen atoms in total. The summed E-state index contributed by atoms with van der Waals surface area (Å²) >= 11 is 0. The third kappa shape index (κ3) is 5.88. The van der Waals surface area contributed by atoms with Crippen LogP contribution in [0.25, 0.3) is 10.9 Å². The number of benzene rings is 3. The predicted octanol–water partition coefficient (Wildman–Crippen LogP) is 6.28. The van der Waals surface area contributed by atoms with E-state index in [0.717, 1.165) is 40.4 Å². The van der Waals surface area contributed by atoms with Gasteiger partial charge < -0.3 is 19.4 Å². The first kappa shape index (κ1) is 25.3. The number of carbonyl (C=O) groups is 1. The number of rotatable bonds is 11. The summed E-state index contributed by atoms with van der Waals surface area (Å²) in [5.41, 5.74) is 4.05.